The zero-order chi connectivity index (χ0) is 77.2. The fourth-order valence-electron chi connectivity index (χ4n) is 13.2. The van der Waals surface area contributed by atoms with Crippen molar-refractivity contribution in [3.63, 3.8) is 0 Å². The maximum absolute atomic E-state index is 13.4. The van der Waals surface area contributed by atoms with Gasteiger partial charge < -0.3 is 65.1 Å². The van der Waals surface area contributed by atoms with Crippen LogP contribution in [-0.4, -0.2) is 140 Å². The van der Waals surface area contributed by atoms with Crippen molar-refractivity contribution in [2.45, 2.75) is 402 Å². The molecule has 0 aromatic carbocycles. The molecule has 1 amide bonds. The molecule has 0 bridgehead atoms. The fraction of sp³-hybridized carbons (Fsp3) is 0.710. The van der Waals surface area contributed by atoms with E-state index in [9.17, 15) is 45.6 Å². The maximum Gasteiger partial charge on any atom is 0.220 e. The summed E-state index contributed by atoms with van der Waals surface area (Å²) in [6.45, 7) is 2.69. The number of hydrogen-bond acceptors (Lipinski definition) is 13. The molecule has 2 fully saturated rings. The third-order valence-corrected chi connectivity index (χ3v) is 19.9. The number of ether oxygens (including phenoxy) is 4. The van der Waals surface area contributed by atoms with Crippen LogP contribution in [0.1, 0.15) is 328 Å². The van der Waals surface area contributed by atoms with Gasteiger partial charge in [0.1, 0.15) is 48.8 Å². The molecule has 0 aromatic heterocycles. The molecular formula is C93H157NO13. The van der Waals surface area contributed by atoms with Gasteiger partial charge in [-0.2, -0.15) is 0 Å². The Balaban J connectivity index is 1.63. The van der Waals surface area contributed by atoms with Crippen LogP contribution in [0.25, 0.3) is 0 Å². The highest BCUT2D eigenvalue weighted by Crippen LogP contribution is 2.30. The fourth-order valence-corrected chi connectivity index (χ4v) is 13.2. The predicted molar refractivity (Wildman–Crippen MR) is 447 cm³/mol. The summed E-state index contributed by atoms with van der Waals surface area (Å²) in [5.74, 6) is -0.263. The molecule has 0 radical (unpaired) electrons. The van der Waals surface area contributed by atoms with Gasteiger partial charge in [0.25, 0.3) is 0 Å². The van der Waals surface area contributed by atoms with Crippen LogP contribution in [0.5, 0.6) is 0 Å². The molecule has 612 valence electrons. The normalized spacial score (nSPS) is 22.0. The molecule has 2 heterocycles. The van der Waals surface area contributed by atoms with Crippen molar-refractivity contribution in [3.05, 3.63) is 158 Å². The molecule has 2 aliphatic heterocycles. The zero-order valence-corrected chi connectivity index (χ0v) is 67.3. The lowest BCUT2D eigenvalue weighted by Gasteiger charge is -2.46. The van der Waals surface area contributed by atoms with Crippen molar-refractivity contribution in [2.75, 3.05) is 19.8 Å². The van der Waals surface area contributed by atoms with Crippen molar-refractivity contribution in [1.82, 2.24) is 5.32 Å². The molecule has 14 nitrogen and oxygen atoms in total. The molecule has 12 atom stereocenters. The molecule has 14 heteroatoms. The number of unbranched alkanes of at least 4 members (excludes halogenated alkanes) is 34. The topological polar surface area (TPSA) is 228 Å². The lowest BCUT2D eigenvalue weighted by Crippen LogP contribution is -2.65. The molecule has 2 rings (SSSR count). The largest absolute Gasteiger partial charge is 0.394 e. The Morgan fingerprint density at radius 3 is 1.03 bits per heavy atom. The van der Waals surface area contributed by atoms with Gasteiger partial charge in [0.05, 0.1) is 32.0 Å². The Morgan fingerprint density at radius 1 is 0.346 bits per heavy atom. The molecular weight excluding hydrogens is 1340 g/mol. The van der Waals surface area contributed by atoms with Crippen LogP contribution >= 0.6 is 0 Å². The van der Waals surface area contributed by atoms with Crippen LogP contribution in [0.3, 0.4) is 0 Å². The molecule has 0 saturated carbocycles. The van der Waals surface area contributed by atoms with Crippen LogP contribution in [0.2, 0.25) is 0 Å². The van der Waals surface area contributed by atoms with Gasteiger partial charge >= 0.3 is 0 Å². The van der Waals surface area contributed by atoms with Crippen molar-refractivity contribution >= 4 is 5.91 Å². The van der Waals surface area contributed by atoms with Crippen molar-refractivity contribution < 1.29 is 64.6 Å². The summed E-state index contributed by atoms with van der Waals surface area (Å²) >= 11 is 0. The van der Waals surface area contributed by atoms with Gasteiger partial charge in [-0.3, -0.25) is 4.79 Å². The summed E-state index contributed by atoms with van der Waals surface area (Å²) in [5.41, 5.74) is 0. The highest BCUT2D eigenvalue weighted by atomic mass is 16.7. The van der Waals surface area contributed by atoms with Crippen LogP contribution < -0.4 is 5.32 Å². The number of allylic oxidation sites excluding steroid dienone is 25. The minimum absolute atomic E-state index is 0.251. The first-order chi connectivity index (χ1) is 52.6. The third-order valence-electron chi connectivity index (χ3n) is 19.9. The number of nitrogens with one attached hydrogen (secondary N) is 1. The van der Waals surface area contributed by atoms with Crippen LogP contribution in [0.4, 0.5) is 0 Å². The molecule has 0 aromatic rings. The van der Waals surface area contributed by atoms with Crippen LogP contribution in [-0.2, 0) is 23.7 Å². The number of rotatable bonds is 71. The number of aliphatic hydroxyl groups is 8. The number of amides is 1. The second-order valence-corrected chi connectivity index (χ2v) is 29.6. The van der Waals surface area contributed by atoms with E-state index in [0.717, 1.165) is 128 Å². The van der Waals surface area contributed by atoms with Gasteiger partial charge in [-0.1, -0.05) is 364 Å². The molecule has 0 aliphatic carbocycles. The lowest BCUT2D eigenvalue weighted by molar-refractivity contribution is -0.359. The highest BCUT2D eigenvalue weighted by Gasteiger charge is 2.51. The predicted octanol–water partition coefficient (Wildman–Crippen LogP) is 20.9. The summed E-state index contributed by atoms with van der Waals surface area (Å²) < 4.78 is 22.9. The van der Waals surface area contributed by atoms with Gasteiger partial charge in [0, 0.05) is 6.42 Å². The molecule has 12 unspecified atom stereocenters. The molecule has 107 heavy (non-hydrogen) atoms. The first kappa shape index (κ1) is 98.7. The Bertz CT molecular complexity index is 2420. The van der Waals surface area contributed by atoms with Crippen LogP contribution in [0, 0.1) is 0 Å². The standard InChI is InChI=1S/C93H157NO13/c1-3-5-7-9-11-13-15-17-19-21-23-25-27-29-31-33-35-37-38-39-40-41-42-43-44-45-47-49-51-53-55-57-59-61-63-65-67-69-71-73-75-77-85(98)94-81(80-104-92-90(103)88(101)91(84(79-96)106-92)107-93-89(102)87(100)86(99)83(78-95)105-93)82(97)76-74-72-70-68-66-64-62-60-58-56-54-52-50-48-46-36-34-32-30-28-26-24-22-20-18-16-14-12-10-8-6-4-2/h5,7,11,13,17,19,23,25,29,31,35,37,39-40,42-43,45,47,51,53,57,59,66,68,74,76,81-84,86-93,95-97,99-103H,3-4,6,8-10,12,14-16,18,20-22,24,26-28,30,32-34,36,38,41,44,46,48-50,52,54-56,58,60-65,67,69-73,75,77-80H2,1-2H3,(H,94,98)/b7-5-,13-11-,19-17-,25-23-,31-29-,37-35-,40-39-,43-42-,47-45-,53-51-,59-57-,68-66+,76-74+. The third kappa shape index (κ3) is 56.5. The first-order valence-corrected chi connectivity index (χ1v) is 43.2. The average molecular weight is 1500 g/mol. The summed E-state index contributed by atoms with van der Waals surface area (Å²) in [5, 5.41) is 87.8. The molecule has 9 N–H and O–H groups in total. The number of aliphatic hydroxyl groups excluding tert-OH is 8. The smallest absolute Gasteiger partial charge is 0.220 e. The summed E-state index contributed by atoms with van der Waals surface area (Å²) in [6.07, 6.45) is 97.6. The summed E-state index contributed by atoms with van der Waals surface area (Å²) in [4.78, 5) is 13.4. The molecule has 2 aliphatic rings. The van der Waals surface area contributed by atoms with Gasteiger partial charge in [0.2, 0.25) is 5.91 Å². The van der Waals surface area contributed by atoms with Gasteiger partial charge in [-0.05, 0) is 116 Å². The van der Waals surface area contributed by atoms with Crippen molar-refractivity contribution in [3.8, 4) is 0 Å². The average Bonchev–Trinajstić information content (AvgIpc) is 0.789. The van der Waals surface area contributed by atoms with E-state index in [2.05, 4.69) is 165 Å². The lowest BCUT2D eigenvalue weighted by atomic mass is 9.97. The Morgan fingerprint density at radius 2 is 0.654 bits per heavy atom. The summed E-state index contributed by atoms with van der Waals surface area (Å²) in [6, 6.07) is -0.952. The summed E-state index contributed by atoms with van der Waals surface area (Å²) in [7, 11) is 0. The highest BCUT2D eigenvalue weighted by molar-refractivity contribution is 5.76. The molecule has 0 spiro atoms. The first-order valence-electron chi connectivity index (χ1n) is 43.2. The Labute approximate surface area is 652 Å². The Kier molecular flexibility index (Phi) is 68.6. The molecule has 2 saturated heterocycles. The van der Waals surface area contributed by atoms with E-state index in [1.54, 1.807) is 6.08 Å². The quantitative estimate of drug-likeness (QED) is 0.0204. The van der Waals surface area contributed by atoms with Gasteiger partial charge in [-0.25, -0.2) is 0 Å². The van der Waals surface area contributed by atoms with Crippen molar-refractivity contribution in [1.29, 1.82) is 0 Å². The van der Waals surface area contributed by atoms with Crippen molar-refractivity contribution in [2.24, 2.45) is 0 Å². The van der Waals surface area contributed by atoms with Gasteiger partial charge in [-0.15, -0.1) is 0 Å². The minimum Gasteiger partial charge on any atom is -0.394 e. The van der Waals surface area contributed by atoms with E-state index in [1.165, 1.54) is 167 Å². The van der Waals surface area contributed by atoms with E-state index >= 15 is 0 Å². The number of carbonyl (C=O) groups excluding carboxylic acids is 1. The number of carbonyl (C=O) groups is 1. The Hall–Kier alpha value is -4.39. The minimum atomic E-state index is -1.80. The number of hydrogen-bond donors (Lipinski definition) is 9. The zero-order valence-electron chi connectivity index (χ0n) is 67.3. The second kappa shape index (κ2) is 74.4. The van der Waals surface area contributed by atoms with E-state index in [4.69, 9.17) is 18.9 Å². The van der Waals surface area contributed by atoms with E-state index < -0.39 is 86.8 Å². The van der Waals surface area contributed by atoms with E-state index in [-0.39, 0.29) is 18.9 Å². The van der Waals surface area contributed by atoms with E-state index in [0.29, 0.717) is 12.8 Å². The van der Waals surface area contributed by atoms with Gasteiger partial charge in [0.15, 0.2) is 12.6 Å². The van der Waals surface area contributed by atoms with E-state index in [1.807, 2.05) is 6.08 Å². The maximum atomic E-state index is 13.4. The SMILES string of the molecule is CC/C=C\C/C=C\C/C=C\C/C=C\C/C=C\C/C=C\C/C=C\C/C=C\C/C=C\C/C=C\C/C=C\CCCCCCCCCC(=O)NC(COC1OC(CO)C(OC2OC(CO)C(O)C(O)C2O)C(O)C1O)C(O)/C=C/CC/C=C/CCCCCCCCCCCCCCCCCCCCCCCCCCCC. The second-order valence-electron chi connectivity index (χ2n) is 29.6. The monoisotopic (exact) mass is 1500 g/mol. The van der Waals surface area contributed by atoms with Crippen LogP contribution in [0.15, 0.2) is 158 Å².